The Morgan fingerprint density at radius 2 is 1.72 bits per heavy atom. The van der Waals surface area contributed by atoms with Crippen LogP contribution in [0.5, 0.6) is 0 Å². The van der Waals surface area contributed by atoms with Gasteiger partial charge in [0.05, 0.1) is 0 Å². The highest BCUT2D eigenvalue weighted by Crippen LogP contribution is 2.31. The maximum absolute atomic E-state index is 12.2. The zero-order valence-corrected chi connectivity index (χ0v) is 11.0. The Hall–Kier alpha value is -1.10. The second kappa shape index (κ2) is 4.88. The number of nitrogens with zero attached hydrogens (tertiary/aromatic N) is 1. The van der Waals surface area contributed by atoms with Crippen molar-refractivity contribution in [1.82, 2.24) is 4.90 Å². The van der Waals surface area contributed by atoms with E-state index >= 15 is 0 Å². The van der Waals surface area contributed by atoms with E-state index in [1.165, 1.54) is 0 Å². The first-order valence-electron chi connectivity index (χ1n) is 6.56. The van der Waals surface area contributed by atoms with Gasteiger partial charge in [0, 0.05) is 13.1 Å². The van der Waals surface area contributed by atoms with Crippen molar-refractivity contribution in [2.24, 2.45) is 5.41 Å². The van der Waals surface area contributed by atoms with E-state index in [0.717, 1.165) is 25.9 Å². The Morgan fingerprint density at radius 3 is 2.22 bits per heavy atom. The van der Waals surface area contributed by atoms with Crippen LogP contribution in [0.4, 0.5) is 0 Å². The van der Waals surface area contributed by atoms with Crippen LogP contribution in [0, 0.1) is 5.41 Å². The molecule has 18 heavy (non-hydrogen) atoms. The number of aliphatic carboxylic acids is 1. The Kier molecular flexibility index (Phi) is 3.61. The number of amides is 1. The third-order valence-electron chi connectivity index (χ3n) is 4.00. The van der Waals surface area contributed by atoms with Crippen LogP contribution in [0.25, 0.3) is 0 Å². The Labute approximate surface area is 107 Å². The van der Waals surface area contributed by atoms with Crippen molar-refractivity contribution >= 4 is 11.9 Å². The zero-order valence-electron chi connectivity index (χ0n) is 11.0. The SMILES string of the molecule is CC1(C)CCN(C(=O)[C@@H]2CC[C@H](C(=O)O)O2)CC1. The number of carboxylic acids is 1. The fourth-order valence-corrected chi connectivity index (χ4v) is 2.54. The van der Waals surface area contributed by atoms with Gasteiger partial charge in [-0.25, -0.2) is 4.79 Å². The molecule has 0 unspecified atom stereocenters. The molecule has 0 aliphatic carbocycles. The summed E-state index contributed by atoms with van der Waals surface area (Å²) in [6.07, 6.45) is 1.59. The Bertz CT molecular complexity index is 343. The number of hydrogen-bond donors (Lipinski definition) is 1. The molecule has 1 amide bonds. The number of piperidine rings is 1. The van der Waals surface area contributed by atoms with Crippen LogP contribution in [0.2, 0.25) is 0 Å². The molecular weight excluding hydrogens is 234 g/mol. The van der Waals surface area contributed by atoms with E-state index < -0.39 is 18.2 Å². The van der Waals surface area contributed by atoms with Crippen molar-refractivity contribution < 1.29 is 19.4 Å². The molecule has 0 aromatic heterocycles. The number of ether oxygens (including phenoxy) is 1. The van der Waals surface area contributed by atoms with E-state index in [9.17, 15) is 9.59 Å². The summed E-state index contributed by atoms with van der Waals surface area (Å²) < 4.78 is 5.30. The molecule has 0 radical (unpaired) electrons. The molecule has 0 saturated carbocycles. The van der Waals surface area contributed by atoms with Gasteiger partial charge in [0.1, 0.15) is 6.10 Å². The summed E-state index contributed by atoms with van der Waals surface area (Å²) >= 11 is 0. The van der Waals surface area contributed by atoms with Crippen LogP contribution in [-0.2, 0) is 14.3 Å². The first-order valence-corrected chi connectivity index (χ1v) is 6.56. The molecule has 1 N–H and O–H groups in total. The molecule has 2 fully saturated rings. The summed E-state index contributed by atoms with van der Waals surface area (Å²) in [6, 6.07) is 0. The van der Waals surface area contributed by atoms with Crippen molar-refractivity contribution in [2.45, 2.75) is 51.7 Å². The Balaban J connectivity index is 1.88. The first-order chi connectivity index (χ1) is 8.39. The van der Waals surface area contributed by atoms with E-state index in [0.29, 0.717) is 18.3 Å². The van der Waals surface area contributed by atoms with Crippen molar-refractivity contribution in [3.63, 3.8) is 0 Å². The van der Waals surface area contributed by atoms with Crippen molar-refractivity contribution in [2.75, 3.05) is 13.1 Å². The lowest BCUT2D eigenvalue weighted by Gasteiger charge is -2.37. The minimum absolute atomic E-state index is 0.0331. The summed E-state index contributed by atoms with van der Waals surface area (Å²) in [5.74, 6) is -1.00. The van der Waals surface area contributed by atoms with Gasteiger partial charge in [-0.1, -0.05) is 13.8 Å². The maximum atomic E-state index is 12.2. The molecule has 0 bridgehead atoms. The second-order valence-electron chi connectivity index (χ2n) is 6.02. The molecule has 2 aliphatic heterocycles. The maximum Gasteiger partial charge on any atom is 0.332 e. The highest BCUT2D eigenvalue weighted by Gasteiger charge is 2.38. The minimum atomic E-state index is -0.968. The molecular formula is C13H21NO4. The minimum Gasteiger partial charge on any atom is -0.479 e. The van der Waals surface area contributed by atoms with Gasteiger partial charge in [-0.2, -0.15) is 0 Å². The average Bonchev–Trinajstić information content (AvgIpc) is 2.77. The number of carboxylic acid groups (broad SMARTS) is 1. The number of rotatable bonds is 2. The van der Waals surface area contributed by atoms with Crippen LogP contribution >= 0.6 is 0 Å². The van der Waals surface area contributed by atoms with Crippen molar-refractivity contribution in [3.05, 3.63) is 0 Å². The summed E-state index contributed by atoms with van der Waals surface area (Å²) in [5.41, 5.74) is 0.302. The smallest absolute Gasteiger partial charge is 0.332 e. The summed E-state index contributed by atoms with van der Waals surface area (Å²) in [4.78, 5) is 24.8. The van der Waals surface area contributed by atoms with Crippen LogP contribution in [-0.4, -0.2) is 47.2 Å². The van der Waals surface area contributed by atoms with Crippen LogP contribution in [0.1, 0.15) is 39.5 Å². The van der Waals surface area contributed by atoms with Gasteiger partial charge >= 0.3 is 5.97 Å². The lowest BCUT2D eigenvalue weighted by atomic mass is 9.82. The molecule has 2 atom stereocenters. The highest BCUT2D eigenvalue weighted by atomic mass is 16.5. The predicted octanol–water partition coefficient (Wildman–Crippen LogP) is 1.27. The third kappa shape index (κ3) is 2.83. The van der Waals surface area contributed by atoms with Crippen molar-refractivity contribution in [1.29, 1.82) is 0 Å². The van der Waals surface area contributed by atoms with E-state index in [4.69, 9.17) is 9.84 Å². The lowest BCUT2D eigenvalue weighted by Crippen LogP contribution is -2.45. The normalized spacial score (nSPS) is 31.3. The van der Waals surface area contributed by atoms with Crippen LogP contribution in [0.3, 0.4) is 0 Å². The molecule has 2 heterocycles. The molecule has 2 rings (SSSR count). The molecule has 102 valence electrons. The Morgan fingerprint density at radius 1 is 1.17 bits per heavy atom. The van der Waals surface area contributed by atoms with Crippen LogP contribution < -0.4 is 0 Å². The van der Waals surface area contributed by atoms with Gasteiger partial charge < -0.3 is 14.7 Å². The first kappa shape index (κ1) is 13.3. The molecule has 5 nitrogen and oxygen atoms in total. The number of likely N-dealkylation sites (tertiary alicyclic amines) is 1. The van der Waals surface area contributed by atoms with E-state index in [1.807, 2.05) is 4.90 Å². The third-order valence-corrected chi connectivity index (χ3v) is 4.00. The monoisotopic (exact) mass is 255 g/mol. The highest BCUT2D eigenvalue weighted by molar-refractivity contribution is 5.82. The average molecular weight is 255 g/mol. The molecule has 2 aliphatic rings. The molecule has 5 heteroatoms. The lowest BCUT2D eigenvalue weighted by molar-refractivity contribution is -0.155. The van der Waals surface area contributed by atoms with Gasteiger partial charge in [-0.15, -0.1) is 0 Å². The molecule has 0 aromatic carbocycles. The van der Waals surface area contributed by atoms with Gasteiger partial charge in [-0.05, 0) is 31.1 Å². The van der Waals surface area contributed by atoms with Crippen molar-refractivity contribution in [3.8, 4) is 0 Å². The van der Waals surface area contributed by atoms with E-state index in [-0.39, 0.29) is 5.91 Å². The van der Waals surface area contributed by atoms with Gasteiger partial charge in [0.25, 0.3) is 5.91 Å². The molecule has 2 saturated heterocycles. The summed E-state index contributed by atoms with van der Waals surface area (Å²) in [5, 5.41) is 8.84. The van der Waals surface area contributed by atoms with Gasteiger partial charge in [0.15, 0.2) is 6.10 Å². The van der Waals surface area contributed by atoms with E-state index in [1.54, 1.807) is 0 Å². The van der Waals surface area contributed by atoms with Gasteiger partial charge in [0.2, 0.25) is 0 Å². The number of hydrogen-bond acceptors (Lipinski definition) is 3. The second-order valence-corrected chi connectivity index (χ2v) is 6.02. The summed E-state index contributed by atoms with van der Waals surface area (Å²) in [6.45, 7) is 5.93. The largest absolute Gasteiger partial charge is 0.479 e. The molecule has 0 aromatic rings. The summed E-state index contributed by atoms with van der Waals surface area (Å²) in [7, 11) is 0. The van der Waals surface area contributed by atoms with Crippen LogP contribution in [0.15, 0.2) is 0 Å². The predicted molar refractivity (Wildman–Crippen MR) is 65.1 cm³/mol. The number of carbonyl (C=O) groups is 2. The molecule has 0 spiro atoms. The topological polar surface area (TPSA) is 66.8 Å². The van der Waals surface area contributed by atoms with Gasteiger partial charge in [-0.3, -0.25) is 4.79 Å². The fraction of sp³-hybridized carbons (Fsp3) is 0.846. The number of carbonyl (C=O) groups excluding carboxylic acids is 1. The standard InChI is InChI=1S/C13H21NO4/c1-13(2)5-7-14(8-6-13)11(15)9-3-4-10(18-9)12(16)17/h9-10H,3-8H2,1-2H3,(H,16,17)/t9-,10+/m0/s1. The quantitative estimate of drug-likeness (QED) is 0.807. The fourth-order valence-electron chi connectivity index (χ4n) is 2.54. The van der Waals surface area contributed by atoms with E-state index in [2.05, 4.69) is 13.8 Å². The zero-order chi connectivity index (χ0) is 13.3.